The van der Waals surface area contributed by atoms with E-state index in [0.29, 0.717) is 18.5 Å². The van der Waals surface area contributed by atoms with Gasteiger partial charge in [0.15, 0.2) is 5.78 Å². The van der Waals surface area contributed by atoms with Gasteiger partial charge < -0.3 is 14.6 Å². The molecule has 1 unspecified atom stereocenters. The highest BCUT2D eigenvalue weighted by Crippen LogP contribution is 2.25. The minimum atomic E-state index is -2.90. The topological polar surface area (TPSA) is 80.6 Å². The largest absolute Gasteiger partial charge is 0.435 e. The van der Waals surface area contributed by atoms with E-state index in [4.69, 9.17) is 0 Å². The van der Waals surface area contributed by atoms with Crippen molar-refractivity contribution in [1.29, 1.82) is 0 Å². The van der Waals surface area contributed by atoms with Gasteiger partial charge in [0, 0.05) is 23.5 Å². The number of halogens is 2. The van der Waals surface area contributed by atoms with Gasteiger partial charge in [-0.15, -0.1) is 6.58 Å². The number of carbonyl (C=O) groups is 3. The SMILES string of the molecule is C=CCn1c(C)cc(C(=O)CN2C(=O)NC(C)(CCc3ccc(OC(F)F)cc3)C2=O)c1C. The third kappa shape index (κ3) is 5.13. The summed E-state index contributed by atoms with van der Waals surface area (Å²) in [7, 11) is 0. The van der Waals surface area contributed by atoms with Crippen LogP contribution in [0.5, 0.6) is 5.75 Å². The molecule has 3 amide bonds. The number of aromatic nitrogens is 1. The number of imide groups is 1. The minimum absolute atomic E-state index is 0.0438. The van der Waals surface area contributed by atoms with Crippen molar-refractivity contribution in [3.8, 4) is 5.75 Å². The van der Waals surface area contributed by atoms with Gasteiger partial charge in [-0.05, 0) is 57.4 Å². The van der Waals surface area contributed by atoms with Crippen LogP contribution in [0.2, 0.25) is 0 Å². The zero-order valence-electron chi connectivity index (χ0n) is 18.9. The van der Waals surface area contributed by atoms with E-state index in [1.165, 1.54) is 12.1 Å². The maximum Gasteiger partial charge on any atom is 0.387 e. The van der Waals surface area contributed by atoms with Gasteiger partial charge in [-0.25, -0.2) is 4.79 Å². The molecule has 0 spiro atoms. The Morgan fingerprint density at radius 1 is 1.24 bits per heavy atom. The molecule has 33 heavy (non-hydrogen) atoms. The fourth-order valence-electron chi connectivity index (χ4n) is 4.01. The van der Waals surface area contributed by atoms with E-state index in [-0.39, 0.29) is 24.5 Å². The molecule has 0 bridgehead atoms. The normalized spacial score (nSPS) is 18.1. The van der Waals surface area contributed by atoms with Crippen LogP contribution in [0, 0.1) is 13.8 Å². The summed E-state index contributed by atoms with van der Waals surface area (Å²) in [6, 6.07) is 7.24. The molecule has 1 aliphatic rings. The van der Waals surface area contributed by atoms with Crippen molar-refractivity contribution < 1.29 is 27.9 Å². The zero-order valence-corrected chi connectivity index (χ0v) is 18.9. The van der Waals surface area contributed by atoms with E-state index in [1.807, 2.05) is 18.4 Å². The third-order valence-electron chi connectivity index (χ3n) is 5.89. The fourth-order valence-corrected chi connectivity index (χ4v) is 4.01. The molecule has 3 rings (SSSR count). The first-order valence-corrected chi connectivity index (χ1v) is 10.5. The molecule has 0 saturated carbocycles. The maximum absolute atomic E-state index is 13.0. The van der Waals surface area contributed by atoms with Crippen molar-refractivity contribution in [3.05, 3.63) is 65.5 Å². The molecule has 9 heteroatoms. The van der Waals surface area contributed by atoms with Crippen molar-refractivity contribution in [2.75, 3.05) is 6.54 Å². The highest BCUT2D eigenvalue weighted by atomic mass is 19.3. The lowest BCUT2D eigenvalue weighted by atomic mass is 9.93. The number of aryl methyl sites for hydroxylation is 2. The van der Waals surface area contributed by atoms with E-state index < -0.39 is 24.1 Å². The van der Waals surface area contributed by atoms with E-state index in [0.717, 1.165) is 21.9 Å². The summed E-state index contributed by atoms with van der Waals surface area (Å²) in [6.45, 7) is 6.34. The van der Waals surface area contributed by atoms with Crippen molar-refractivity contribution >= 4 is 17.7 Å². The Morgan fingerprint density at radius 2 is 1.91 bits per heavy atom. The number of rotatable bonds is 10. The molecule has 2 aromatic rings. The van der Waals surface area contributed by atoms with Gasteiger partial charge in [-0.1, -0.05) is 18.2 Å². The number of urea groups is 1. The lowest BCUT2D eigenvalue weighted by molar-refractivity contribution is -0.130. The van der Waals surface area contributed by atoms with Gasteiger partial charge in [0.1, 0.15) is 11.3 Å². The number of nitrogens with zero attached hydrogens (tertiary/aromatic N) is 2. The lowest BCUT2D eigenvalue weighted by Crippen LogP contribution is -2.44. The van der Waals surface area contributed by atoms with Crippen LogP contribution in [0.25, 0.3) is 0 Å². The van der Waals surface area contributed by atoms with Gasteiger partial charge in [0.2, 0.25) is 0 Å². The predicted molar refractivity (Wildman–Crippen MR) is 118 cm³/mol. The molecular weight excluding hydrogens is 432 g/mol. The number of Topliss-reactive ketones (excluding diaryl/α,β-unsaturated/α-hetero) is 1. The first kappa shape index (κ1) is 24.2. The van der Waals surface area contributed by atoms with E-state index in [9.17, 15) is 23.2 Å². The number of amides is 3. The van der Waals surface area contributed by atoms with Crippen LogP contribution in [0.1, 0.15) is 40.7 Å². The Kier molecular flexibility index (Phi) is 7.00. The number of ether oxygens (including phenoxy) is 1. The molecule has 1 aromatic heterocycles. The van der Waals surface area contributed by atoms with Gasteiger partial charge in [0.25, 0.3) is 5.91 Å². The Hall–Kier alpha value is -3.49. The Bertz CT molecular complexity index is 1080. The molecule has 1 atom stereocenters. The van der Waals surface area contributed by atoms with Gasteiger partial charge >= 0.3 is 12.6 Å². The summed E-state index contributed by atoms with van der Waals surface area (Å²) < 4.78 is 30.8. The molecule has 0 radical (unpaired) electrons. The highest BCUT2D eigenvalue weighted by molar-refractivity contribution is 6.11. The Balaban J connectivity index is 1.66. The van der Waals surface area contributed by atoms with Gasteiger partial charge in [-0.3, -0.25) is 14.5 Å². The zero-order chi connectivity index (χ0) is 24.3. The van der Waals surface area contributed by atoms with Crippen LogP contribution in [0.4, 0.5) is 13.6 Å². The fraction of sp³-hybridized carbons (Fsp3) is 0.375. The lowest BCUT2D eigenvalue weighted by Gasteiger charge is -2.21. The minimum Gasteiger partial charge on any atom is -0.435 e. The van der Waals surface area contributed by atoms with E-state index >= 15 is 0 Å². The number of hydrogen-bond acceptors (Lipinski definition) is 4. The second kappa shape index (κ2) is 9.56. The molecule has 1 aromatic carbocycles. The Labute approximate surface area is 191 Å². The van der Waals surface area contributed by atoms with Crippen LogP contribution in [-0.4, -0.2) is 45.9 Å². The highest BCUT2D eigenvalue weighted by Gasteiger charge is 2.48. The number of hydrogen-bond donors (Lipinski definition) is 1. The third-order valence-corrected chi connectivity index (χ3v) is 5.89. The van der Waals surface area contributed by atoms with E-state index in [1.54, 1.807) is 31.2 Å². The van der Waals surface area contributed by atoms with Crippen molar-refractivity contribution in [2.45, 2.75) is 52.3 Å². The average molecular weight is 459 g/mol. The van der Waals surface area contributed by atoms with Crippen LogP contribution in [0.3, 0.4) is 0 Å². The predicted octanol–water partition coefficient (Wildman–Crippen LogP) is 4.02. The quantitative estimate of drug-likeness (QED) is 0.331. The summed E-state index contributed by atoms with van der Waals surface area (Å²) in [6.07, 6.45) is 2.43. The van der Waals surface area contributed by atoms with Crippen LogP contribution in [-0.2, 0) is 17.8 Å². The number of ketones is 1. The molecular formula is C24H27F2N3O4. The second-order valence-corrected chi connectivity index (χ2v) is 8.28. The molecule has 7 nitrogen and oxygen atoms in total. The molecule has 1 aliphatic heterocycles. The van der Waals surface area contributed by atoms with Gasteiger partial charge in [0.05, 0.1) is 6.54 Å². The average Bonchev–Trinajstić information content (AvgIpc) is 3.15. The Morgan fingerprint density at radius 3 is 2.52 bits per heavy atom. The second-order valence-electron chi connectivity index (χ2n) is 8.28. The smallest absolute Gasteiger partial charge is 0.387 e. The number of benzene rings is 1. The van der Waals surface area contributed by atoms with Crippen LogP contribution in [0.15, 0.2) is 43.0 Å². The monoisotopic (exact) mass is 459 g/mol. The summed E-state index contributed by atoms with van der Waals surface area (Å²) >= 11 is 0. The van der Waals surface area contributed by atoms with Gasteiger partial charge in [-0.2, -0.15) is 8.78 Å². The molecule has 2 heterocycles. The number of allylic oxidation sites excluding steroid dienone is 1. The first-order chi connectivity index (χ1) is 15.6. The van der Waals surface area contributed by atoms with Crippen LogP contribution >= 0.6 is 0 Å². The molecule has 1 N–H and O–H groups in total. The summed E-state index contributed by atoms with van der Waals surface area (Å²) in [5.41, 5.74) is 1.74. The van der Waals surface area contributed by atoms with Crippen molar-refractivity contribution in [2.24, 2.45) is 0 Å². The summed E-state index contributed by atoms with van der Waals surface area (Å²) in [5, 5.41) is 2.69. The molecule has 1 saturated heterocycles. The number of nitrogens with one attached hydrogen (secondary N) is 1. The standard InChI is InChI=1S/C24H27F2N3O4/c1-5-12-28-15(2)13-19(16(28)3)20(30)14-29-21(31)24(4,27-23(29)32)11-10-17-6-8-18(9-7-17)33-22(25)26/h5-9,13,22H,1,10-12,14H2,2-4H3,(H,27,32). The summed E-state index contributed by atoms with van der Waals surface area (Å²) in [4.78, 5) is 39.4. The van der Waals surface area contributed by atoms with E-state index in [2.05, 4.69) is 16.6 Å². The molecule has 1 fully saturated rings. The first-order valence-electron chi connectivity index (χ1n) is 10.5. The maximum atomic E-state index is 13.0. The summed E-state index contributed by atoms with van der Waals surface area (Å²) in [5.74, 6) is -0.749. The van der Waals surface area contributed by atoms with Crippen molar-refractivity contribution in [1.82, 2.24) is 14.8 Å². The number of alkyl halides is 2. The number of carbonyl (C=O) groups excluding carboxylic acids is 3. The molecule has 176 valence electrons. The van der Waals surface area contributed by atoms with Crippen LogP contribution < -0.4 is 10.1 Å². The van der Waals surface area contributed by atoms with Crippen molar-refractivity contribution in [3.63, 3.8) is 0 Å². The molecule has 0 aliphatic carbocycles.